The zero-order valence-electron chi connectivity index (χ0n) is 9.76. The Balaban J connectivity index is 4.17. The quantitative estimate of drug-likeness (QED) is 0.655. The summed E-state index contributed by atoms with van der Waals surface area (Å²) in [6.45, 7) is 1.13. The van der Waals surface area contributed by atoms with E-state index >= 15 is 0 Å². The fourth-order valence-corrected chi connectivity index (χ4v) is 3.02. The van der Waals surface area contributed by atoms with Crippen LogP contribution >= 0.6 is 0 Å². The van der Waals surface area contributed by atoms with E-state index in [0.29, 0.717) is 0 Å². The minimum absolute atomic E-state index is 0.435. The van der Waals surface area contributed by atoms with E-state index in [2.05, 4.69) is 0 Å². The second-order valence-corrected chi connectivity index (χ2v) is 6.34. The number of halogens is 3. The molecule has 0 rings (SSSR count). The van der Waals surface area contributed by atoms with Crippen LogP contribution in [-0.4, -0.2) is 48.6 Å². The summed E-state index contributed by atoms with van der Waals surface area (Å²) in [5.74, 6) is 0. The number of alkyl halides is 3. The molecule has 0 fully saturated rings. The molecular weight excluding hydrogens is 245 g/mol. The van der Waals surface area contributed by atoms with Crippen molar-refractivity contribution >= 4 is 8.80 Å². The highest BCUT2D eigenvalue weighted by atomic mass is 28.4. The summed E-state index contributed by atoms with van der Waals surface area (Å²) in [6.07, 6.45) is -5.23. The van der Waals surface area contributed by atoms with E-state index in [9.17, 15) is 13.2 Å². The van der Waals surface area contributed by atoms with Crippen molar-refractivity contribution < 1.29 is 31.2 Å². The van der Waals surface area contributed by atoms with Crippen molar-refractivity contribution in [3.05, 3.63) is 0 Å². The van der Waals surface area contributed by atoms with Crippen molar-refractivity contribution in [1.82, 2.24) is 0 Å². The molecule has 0 N–H and O–H groups in total. The molecule has 0 saturated carbocycles. The second kappa shape index (κ2) is 6.55. The van der Waals surface area contributed by atoms with Crippen LogP contribution in [0, 0.1) is 0 Å². The zero-order valence-corrected chi connectivity index (χ0v) is 10.8. The van der Waals surface area contributed by atoms with Crippen molar-refractivity contribution in [3.63, 3.8) is 0 Å². The summed E-state index contributed by atoms with van der Waals surface area (Å²) in [7, 11) is 1.13. The third kappa shape index (κ3) is 4.79. The van der Waals surface area contributed by atoms with Crippen LogP contribution < -0.4 is 0 Å². The van der Waals surface area contributed by atoms with Crippen molar-refractivity contribution in [3.8, 4) is 0 Å². The largest absolute Gasteiger partial charge is 0.530 e. The molecule has 0 saturated heterocycles. The molecule has 0 aromatic heterocycles. The van der Waals surface area contributed by atoms with Gasteiger partial charge in [-0.1, -0.05) is 0 Å². The minimum Gasteiger partial charge on any atom is -0.375 e. The van der Waals surface area contributed by atoms with Crippen LogP contribution in [0.4, 0.5) is 13.2 Å². The van der Waals surface area contributed by atoms with E-state index in [1.165, 1.54) is 21.3 Å². The van der Waals surface area contributed by atoms with Crippen molar-refractivity contribution in [2.24, 2.45) is 0 Å². The molecule has 8 heteroatoms. The fourth-order valence-electron chi connectivity index (χ4n) is 1.20. The minimum atomic E-state index is -4.23. The molecule has 98 valence electrons. The number of hydrogen-bond donors (Lipinski definition) is 0. The number of rotatable bonds is 7. The van der Waals surface area contributed by atoms with Crippen LogP contribution in [0.5, 0.6) is 0 Å². The van der Waals surface area contributed by atoms with Crippen LogP contribution in [0.1, 0.15) is 13.3 Å². The first-order valence-corrected chi connectivity index (χ1v) is 6.45. The monoisotopic (exact) mass is 262 g/mol. The Kier molecular flexibility index (Phi) is 6.49. The van der Waals surface area contributed by atoms with E-state index in [1.54, 1.807) is 6.92 Å². The first-order valence-electron chi connectivity index (χ1n) is 4.65. The van der Waals surface area contributed by atoms with Crippen LogP contribution in [0.25, 0.3) is 0 Å². The molecule has 0 aliphatic heterocycles. The Labute approximate surface area is 94.0 Å². The molecule has 0 spiro atoms. The summed E-state index contributed by atoms with van der Waals surface area (Å²) in [6, 6.07) is 0. The van der Waals surface area contributed by atoms with Gasteiger partial charge in [-0.2, -0.15) is 13.2 Å². The fraction of sp³-hybridized carbons (Fsp3) is 1.00. The Bertz CT molecular complexity index is 188. The molecule has 4 nitrogen and oxygen atoms in total. The van der Waals surface area contributed by atoms with Gasteiger partial charge < -0.3 is 18.0 Å². The zero-order chi connectivity index (χ0) is 12.8. The molecular formula is C8H17F3O4Si. The predicted octanol–water partition coefficient (Wildman–Crippen LogP) is 1.76. The van der Waals surface area contributed by atoms with Gasteiger partial charge in [-0.15, -0.1) is 0 Å². The maximum atomic E-state index is 11.9. The summed E-state index contributed by atoms with van der Waals surface area (Å²) in [5.41, 5.74) is -0.644. The van der Waals surface area contributed by atoms with Gasteiger partial charge in [0.1, 0.15) is 5.73 Å². The Morgan fingerprint density at radius 1 is 1.06 bits per heavy atom. The average Bonchev–Trinajstić information content (AvgIpc) is 2.19. The molecule has 0 aliphatic carbocycles. The Morgan fingerprint density at radius 3 is 1.81 bits per heavy atom. The van der Waals surface area contributed by atoms with Gasteiger partial charge in [0, 0.05) is 21.3 Å². The molecule has 0 aromatic carbocycles. The molecule has 0 aliphatic rings. The van der Waals surface area contributed by atoms with E-state index in [4.69, 9.17) is 18.0 Å². The molecule has 0 radical (unpaired) electrons. The van der Waals surface area contributed by atoms with Crippen LogP contribution in [0.3, 0.4) is 0 Å². The van der Waals surface area contributed by atoms with E-state index in [0.717, 1.165) is 0 Å². The predicted molar refractivity (Wildman–Crippen MR) is 52.9 cm³/mol. The topological polar surface area (TPSA) is 36.9 Å². The van der Waals surface area contributed by atoms with Gasteiger partial charge in [0.05, 0.1) is 13.0 Å². The van der Waals surface area contributed by atoms with E-state index in [-0.39, 0.29) is 0 Å². The van der Waals surface area contributed by atoms with Gasteiger partial charge in [0.25, 0.3) is 0 Å². The van der Waals surface area contributed by atoms with Gasteiger partial charge in [0.15, 0.2) is 0 Å². The lowest BCUT2D eigenvalue weighted by molar-refractivity contribution is -0.148. The van der Waals surface area contributed by atoms with E-state index < -0.39 is 33.7 Å². The lowest BCUT2D eigenvalue weighted by atomic mass is 10.4. The second-order valence-electron chi connectivity index (χ2n) is 3.09. The number of ether oxygens (including phenoxy) is 1. The first-order chi connectivity index (χ1) is 7.31. The summed E-state index contributed by atoms with van der Waals surface area (Å²) in [4.78, 5) is 0. The number of hydrogen-bond acceptors (Lipinski definition) is 4. The smallest absolute Gasteiger partial charge is 0.375 e. The standard InChI is InChI=1S/C8H17F3O4Si/c1-7(15-6-5-8(9,10)11)16(12-2,13-3)14-4/h7H,5-6H2,1-4H3. The van der Waals surface area contributed by atoms with Crippen molar-refractivity contribution in [2.75, 3.05) is 27.9 Å². The maximum absolute atomic E-state index is 11.9. The van der Waals surface area contributed by atoms with Gasteiger partial charge in [0.2, 0.25) is 0 Å². The van der Waals surface area contributed by atoms with Gasteiger partial charge >= 0.3 is 15.0 Å². The van der Waals surface area contributed by atoms with Gasteiger partial charge in [-0.05, 0) is 6.92 Å². The highest BCUT2D eigenvalue weighted by molar-refractivity contribution is 6.61. The lowest BCUT2D eigenvalue weighted by Gasteiger charge is -2.29. The Morgan fingerprint density at radius 2 is 1.50 bits per heavy atom. The molecule has 0 bridgehead atoms. The molecule has 0 aromatic rings. The summed E-state index contributed by atoms with van der Waals surface area (Å²) in [5, 5.41) is 0. The highest BCUT2D eigenvalue weighted by Crippen LogP contribution is 2.21. The van der Waals surface area contributed by atoms with Crippen LogP contribution in [0.15, 0.2) is 0 Å². The molecule has 1 unspecified atom stereocenters. The third-order valence-electron chi connectivity index (χ3n) is 2.10. The SMILES string of the molecule is CO[Si](OC)(OC)C(C)OCCC(F)(F)F. The van der Waals surface area contributed by atoms with Crippen LogP contribution in [-0.2, 0) is 18.0 Å². The van der Waals surface area contributed by atoms with Gasteiger partial charge in [-0.25, -0.2) is 0 Å². The van der Waals surface area contributed by atoms with Crippen LogP contribution in [0.2, 0.25) is 0 Å². The summed E-state index contributed by atoms with van der Waals surface area (Å²) < 4.78 is 55.9. The lowest BCUT2D eigenvalue weighted by Crippen LogP contribution is -2.54. The average molecular weight is 262 g/mol. The molecule has 0 amide bonds. The summed E-state index contributed by atoms with van der Waals surface area (Å²) >= 11 is 0. The molecule has 1 atom stereocenters. The molecule has 0 heterocycles. The Hall–Kier alpha value is -0.153. The first kappa shape index (κ1) is 15.8. The van der Waals surface area contributed by atoms with Crippen molar-refractivity contribution in [2.45, 2.75) is 25.2 Å². The third-order valence-corrected chi connectivity index (χ3v) is 4.97. The highest BCUT2D eigenvalue weighted by Gasteiger charge is 2.46. The molecule has 16 heavy (non-hydrogen) atoms. The van der Waals surface area contributed by atoms with Crippen molar-refractivity contribution in [1.29, 1.82) is 0 Å². The van der Waals surface area contributed by atoms with Gasteiger partial charge in [-0.3, -0.25) is 0 Å². The maximum Gasteiger partial charge on any atom is 0.530 e. The normalized spacial score (nSPS) is 15.2. The van der Waals surface area contributed by atoms with E-state index in [1.807, 2.05) is 0 Å².